The van der Waals surface area contributed by atoms with Crippen LogP contribution in [0.2, 0.25) is 5.04 Å². The van der Waals surface area contributed by atoms with E-state index in [1.165, 1.54) is 35.4 Å². The molecule has 0 bridgehead atoms. The smallest absolute Gasteiger partial charge is 0.261 e. The number of hydrogen-bond donors (Lipinski definition) is 3. The molecule has 17 heteroatoms. The summed E-state index contributed by atoms with van der Waals surface area (Å²) in [6.07, 6.45) is 17.3. The van der Waals surface area contributed by atoms with Gasteiger partial charge in [-0.2, -0.15) is 0 Å². The molecule has 0 radical (unpaired) electrons. The Balaban J connectivity index is 0.000000208. The first kappa shape index (κ1) is 48.3. The number of carbonyl (C=O) groups is 4. The van der Waals surface area contributed by atoms with Crippen molar-refractivity contribution in [3.05, 3.63) is 169 Å². The summed E-state index contributed by atoms with van der Waals surface area (Å²) in [5.41, 5.74) is 4.78. The largest absolute Gasteiger partial charge is 0.407 e. The lowest BCUT2D eigenvalue weighted by molar-refractivity contribution is -0.124. The van der Waals surface area contributed by atoms with E-state index < -0.39 is 31.9 Å². The fraction of sp³-hybridized carbons (Fsp3) is 0.208. The fourth-order valence-electron chi connectivity index (χ4n) is 9.28. The van der Waals surface area contributed by atoms with Crippen molar-refractivity contribution in [3.63, 3.8) is 0 Å². The lowest BCUT2D eigenvalue weighted by Crippen LogP contribution is -2.66. The molecule has 0 fully saturated rings. The Morgan fingerprint density at radius 2 is 0.986 bits per heavy atom. The highest BCUT2D eigenvalue weighted by Gasteiger charge is 2.50. The molecule has 4 amide bonds. The standard InChI is InChI=1S/C34H33N5O3Si.C18H15N5O3.CH4/c1-34(2,3)43(25-12-6-4-7-13-25,26-14-8-5-9-15-26)42-19-11-18-39-22-28(27-16-10-17-37-31(27)39)30-29(32(40)38-33(30)41)24-20-35-23-36-21-24;24-6-2-5-23-9-13(12-3-1-4-21-16(12)23)15-14(17(25)22-18(15)26)11-7-19-10-20-8-11;/h4-10,12-17,20-23H,11,18-19H2,1-3H3,(H,38,40,41);1,3-4,7-10,24H,2,5-6H2,(H,22,25,26);1H4. The minimum absolute atomic E-state index is 0. The first-order valence-corrected chi connectivity index (χ1v) is 24.4. The number of rotatable bonds is 14. The number of nitrogens with zero attached hydrogens (tertiary/aromatic N) is 8. The molecule has 70 heavy (non-hydrogen) atoms. The van der Waals surface area contributed by atoms with Crippen LogP contribution in [0, 0.1) is 0 Å². The second-order valence-corrected chi connectivity index (χ2v) is 21.8. The Hall–Kier alpha value is -8.12. The Kier molecular flexibility index (Phi) is 14.2. The summed E-state index contributed by atoms with van der Waals surface area (Å²) in [6, 6.07) is 28.6. The van der Waals surface area contributed by atoms with Crippen LogP contribution in [-0.2, 0) is 36.7 Å². The Morgan fingerprint density at radius 1 is 0.571 bits per heavy atom. The molecular formula is C53H52N10O6Si. The number of imide groups is 2. The van der Waals surface area contributed by atoms with Crippen LogP contribution in [0.15, 0.2) is 147 Å². The minimum atomic E-state index is -2.66. The topological polar surface area (TPSA) is 209 Å². The van der Waals surface area contributed by atoms with Gasteiger partial charge in [-0.15, -0.1) is 0 Å². The van der Waals surface area contributed by atoms with Gasteiger partial charge in [-0.3, -0.25) is 29.8 Å². The third-order valence-corrected chi connectivity index (χ3v) is 17.2. The molecule has 2 aliphatic rings. The number of aliphatic hydroxyl groups is 1. The highest BCUT2D eigenvalue weighted by molar-refractivity contribution is 6.99. The van der Waals surface area contributed by atoms with Crippen molar-refractivity contribution in [2.45, 2.75) is 59.2 Å². The van der Waals surface area contributed by atoms with E-state index in [9.17, 15) is 19.2 Å². The van der Waals surface area contributed by atoms with E-state index in [4.69, 9.17) is 9.53 Å². The molecule has 0 unspecified atom stereocenters. The highest BCUT2D eigenvalue weighted by atomic mass is 28.4. The maximum atomic E-state index is 13.1. The molecule has 8 aromatic rings. The van der Waals surface area contributed by atoms with Crippen LogP contribution in [-0.4, -0.2) is 89.3 Å². The summed E-state index contributed by atoms with van der Waals surface area (Å²) in [6.45, 7) is 8.58. The maximum Gasteiger partial charge on any atom is 0.261 e. The van der Waals surface area contributed by atoms with Gasteiger partial charge in [-0.05, 0) is 52.5 Å². The van der Waals surface area contributed by atoms with Gasteiger partial charge in [-0.25, -0.2) is 29.9 Å². The summed E-state index contributed by atoms with van der Waals surface area (Å²) in [7, 11) is -2.66. The van der Waals surface area contributed by atoms with Crippen LogP contribution in [0.25, 0.3) is 44.4 Å². The molecule has 354 valence electrons. The summed E-state index contributed by atoms with van der Waals surface area (Å²) < 4.78 is 11.0. The van der Waals surface area contributed by atoms with Gasteiger partial charge in [-0.1, -0.05) is 88.9 Å². The van der Waals surface area contributed by atoms with Gasteiger partial charge in [0.15, 0.2) is 0 Å². The van der Waals surface area contributed by atoms with Gasteiger partial charge in [0.2, 0.25) is 0 Å². The van der Waals surface area contributed by atoms with E-state index in [0.29, 0.717) is 59.6 Å². The van der Waals surface area contributed by atoms with Crippen molar-refractivity contribution in [1.82, 2.24) is 49.7 Å². The van der Waals surface area contributed by atoms with Crippen LogP contribution in [0.4, 0.5) is 0 Å². The molecule has 2 aromatic carbocycles. The molecule has 6 aromatic heterocycles. The molecule has 10 rings (SSSR count). The lowest BCUT2D eigenvalue weighted by Gasteiger charge is -2.43. The molecule has 2 aliphatic heterocycles. The van der Waals surface area contributed by atoms with E-state index in [0.717, 1.165) is 22.8 Å². The second kappa shape index (κ2) is 20.6. The van der Waals surface area contributed by atoms with Gasteiger partial charge in [0.05, 0.1) is 22.3 Å². The fourth-order valence-corrected chi connectivity index (χ4v) is 13.9. The number of aromatic nitrogens is 8. The third-order valence-electron chi connectivity index (χ3n) is 12.2. The molecule has 0 aliphatic carbocycles. The zero-order valence-corrected chi connectivity index (χ0v) is 39.2. The number of pyridine rings is 2. The predicted octanol–water partition coefficient (Wildman–Crippen LogP) is 5.77. The number of nitrogens with one attached hydrogen (secondary N) is 2. The van der Waals surface area contributed by atoms with Gasteiger partial charge in [0, 0.05) is 109 Å². The Labute approximate surface area is 405 Å². The maximum absolute atomic E-state index is 13.1. The molecule has 0 saturated carbocycles. The van der Waals surface area contributed by atoms with Crippen LogP contribution in [0.5, 0.6) is 0 Å². The lowest BCUT2D eigenvalue weighted by atomic mass is 9.98. The third kappa shape index (κ3) is 9.12. The monoisotopic (exact) mass is 952 g/mol. The molecule has 16 nitrogen and oxygen atoms in total. The quantitative estimate of drug-likeness (QED) is 0.0675. The minimum Gasteiger partial charge on any atom is -0.407 e. The molecule has 0 saturated heterocycles. The number of fused-ring (bicyclic) bond motifs is 2. The molecular weight excluding hydrogens is 901 g/mol. The van der Waals surface area contributed by atoms with Crippen LogP contribution >= 0.6 is 0 Å². The van der Waals surface area contributed by atoms with E-state index in [1.54, 1.807) is 37.1 Å². The summed E-state index contributed by atoms with van der Waals surface area (Å²) >= 11 is 0. The van der Waals surface area contributed by atoms with Crippen molar-refractivity contribution in [2.24, 2.45) is 0 Å². The molecule has 8 heterocycles. The number of aliphatic hydroxyl groups excluding tert-OH is 1. The van der Waals surface area contributed by atoms with Crippen molar-refractivity contribution >= 4 is 86.7 Å². The van der Waals surface area contributed by atoms with Crippen LogP contribution in [0.3, 0.4) is 0 Å². The van der Waals surface area contributed by atoms with Crippen molar-refractivity contribution < 1.29 is 28.7 Å². The zero-order valence-electron chi connectivity index (χ0n) is 38.2. The van der Waals surface area contributed by atoms with Crippen molar-refractivity contribution in [3.8, 4) is 0 Å². The van der Waals surface area contributed by atoms with Gasteiger partial charge >= 0.3 is 0 Å². The van der Waals surface area contributed by atoms with E-state index in [2.05, 4.69) is 110 Å². The average Bonchev–Trinajstić information content (AvgIpc) is 4.10. The summed E-state index contributed by atoms with van der Waals surface area (Å²) in [5, 5.41) is 17.9. The number of aryl methyl sites for hydroxylation is 2. The van der Waals surface area contributed by atoms with Crippen molar-refractivity contribution in [2.75, 3.05) is 13.2 Å². The second-order valence-electron chi connectivity index (χ2n) is 17.5. The Morgan fingerprint density at radius 3 is 1.40 bits per heavy atom. The molecule has 3 N–H and O–H groups in total. The zero-order chi connectivity index (χ0) is 48.1. The molecule has 0 spiro atoms. The SMILES string of the molecule is C.CC(C)(C)[Si](OCCCn1cc(C2=C(c3cncnc3)C(=O)NC2=O)c2cccnc21)(c1ccccc1)c1ccccc1.O=C1NC(=O)C(c2cn(CCCO)c3ncccc23)=C1c1cncnc1. The average molecular weight is 953 g/mol. The number of benzene rings is 2. The molecule has 0 atom stereocenters. The van der Waals surface area contributed by atoms with Gasteiger partial charge in [0.1, 0.15) is 23.9 Å². The highest BCUT2D eigenvalue weighted by Crippen LogP contribution is 2.39. The van der Waals surface area contributed by atoms with E-state index >= 15 is 0 Å². The van der Waals surface area contributed by atoms with Gasteiger partial charge < -0.3 is 18.7 Å². The van der Waals surface area contributed by atoms with Crippen LogP contribution in [0.1, 0.15) is 63.3 Å². The Bertz CT molecular complexity index is 3240. The van der Waals surface area contributed by atoms with Crippen molar-refractivity contribution in [1.29, 1.82) is 0 Å². The summed E-state index contributed by atoms with van der Waals surface area (Å²) in [5.74, 6) is -1.83. The van der Waals surface area contributed by atoms with Gasteiger partial charge in [0.25, 0.3) is 31.9 Å². The first-order valence-electron chi connectivity index (χ1n) is 22.5. The van der Waals surface area contributed by atoms with E-state index in [-0.39, 0.29) is 35.8 Å². The normalized spacial score (nSPS) is 13.9. The number of amides is 4. The predicted molar refractivity (Wildman–Crippen MR) is 270 cm³/mol. The van der Waals surface area contributed by atoms with E-state index in [1.807, 2.05) is 45.7 Å². The van der Waals surface area contributed by atoms with Crippen LogP contribution < -0.4 is 21.0 Å². The first-order chi connectivity index (χ1) is 33.5. The summed E-state index contributed by atoms with van der Waals surface area (Å²) in [4.78, 5) is 75.9. The number of hydrogen-bond acceptors (Lipinski definition) is 12. The number of carbonyl (C=O) groups excluding carboxylic acids is 4.